The standard InChI is InChI=1S/C13H14.2Zn/c1-9-5-13(6-10(9)2)7-11(3)12(4)8-13;;/h1-3,12H,4-8H2;;/q-4;;+2. The van der Waals surface area contributed by atoms with Crippen molar-refractivity contribution >= 4 is 0 Å². The fourth-order valence-electron chi connectivity index (χ4n) is 2.67. The van der Waals surface area contributed by atoms with Gasteiger partial charge in [-0.2, -0.15) is 5.92 Å². The molecule has 0 aromatic carbocycles. The average molecular weight is 301 g/mol. The minimum absolute atomic E-state index is 0. The molecule has 72 valence electrons. The van der Waals surface area contributed by atoms with E-state index in [1.165, 1.54) is 0 Å². The van der Waals surface area contributed by atoms with Gasteiger partial charge >= 0.3 is 19.5 Å². The maximum absolute atomic E-state index is 5.88. The molecule has 0 N–H and O–H groups in total. The van der Waals surface area contributed by atoms with Crippen LogP contribution < -0.4 is 0 Å². The van der Waals surface area contributed by atoms with E-state index in [1.54, 1.807) is 0 Å². The van der Waals surface area contributed by atoms with E-state index in [4.69, 9.17) is 19.7 Å². The summed E-state index contributed by atoms with van der Waals surface area (Å²) >= 11 is 0. The normalized spacial score (nSPS) is 34.2. The van der Waals surface area contributed by atoms with Crippen LogP contribution in [0.4, 0.5) is 0 Å². The summed E-state index contributed by atoms with van der Waals surface area (Å²) in [6, 6.07) is 0. The van der Waals surface area contributed by atoms with Crippen molar-refractivity contribution in [2.45, 2.75) is 25.7 Å². The van der Waals surface area contributed by atoms with Crippen molar-refractivity contribution in [3.63, 3.8) is 0 Å². The molecule has 2 rings (SSSR count). The van der Waals surface area contributed by atoms with Crippen LogP contribution >= 0.6 is 0 Å². The van der Waals surface area contributed by atoms with Crippen LogP contribution in [0.1, 0.15) is 25.7 Å². The van der Waals surface area contributed by atoms with Gasteiger partial charge in [-0.15, -0.1) is 12.8 Å². The van der Waals surface area contributed by atoms with E-state index < -0.39 is 0 Å². The smallest absolute Gasteiger partial charge is 0.517 e. The summed E-state index contributed by atoms with van der Waals surface area (Å²) in [5, 5.41) is 0. The zero-order chi connectivity index (χ0) is 9.64. The molecule has 0 aromatic heterocycles. The van der Waals surface area contributed by atoms with Crippen LogP contribution in [0.2, 0.25) is 0 Å². The van der Waals surface area contributed by atoms with Crippen molar-refractivity contribution in [2.24, 2.45) is 11.3 Å². The van der Waals surface area contributed by atoms with Crippen molar-refractivity contribution in [2.75, 3.05) is 0 Å². The van der Waals surface area contributed by atoms with Crippen LogP contribution in [-0.2, 0) is 39.0 Å². The summed E-state index contributed by atoms with van der Waals surface area (Å²) < 4.78 is 0. The summed E-state index contributed by atoms with van der Waals surface area (Å²) in [5.74, 6) is 0.290. The molecule has 15 heavy (non-hydrogen) atoms. The zero-order valence-corrected chi connectivity index (χ0v) is 15.2. The predicted molar refractivity (Wildman–Crippen MR) is 53.2 cm³/mol. The van der Waals surface area contributed by atoms with Gasteiger partial charge in [-0.05, 0) is 0 Å². The first kappa shape index (κ1) is 15.5. The molecule has 0 amide bonds. The third kappa shape index (κ3) is 2.77. The van der Waals surface area contributed by atoms with Gasteiger partial charge in [0.1, 0.15) is 0 Å². The third-order valence-corrected chi connectivity index (χ3v) is 3.33. The van der Waals surface area contributed by atoms with Gasteiger partial charge < -0.3 is 37.8 Å². The Labute approximate surface area is 119 Å². The SMILES string of the molecule is [CH-]=C1CC2(CC1=[CH-])CC(=[CH-])C([CH2-])C2.[Zn+2].[Zn]. The van der Waals surface area contributed by atoms with E-state index in [0.717, 1.165) is 42.4 Å². The van der Waals surface area contributed by atoms with Crippen molar-refractivity contribution in [1.29, 1.82) is 0 Å². The molecule has 2 saturated carbocycles. The third-order valence-electron chi connectivity index (χ3n) is 3.33. The molecule has 0 saturated heterocycles. The van der Waals surface area contributed by atoms with Crippen LogP contribution in [0.15, 0.2) is 16.7 Å². The second-order valence-electron chi connectivity index (χ2n) is 4.56. The van der Waals surface area contributed by atoms with Crippen LogP contribution in [0.5, 0.6) is 0 Å². The number of allylic oxidation sites excluding steroid dienone is 3. The minimum atomic E-state index is 0. The van der Waals surface area contributed by atoms with Gasteiger partial charge in [0.2, 0.25) is 0 Å². The van der Waals surface area contributed by atoms with Gasteiger partial charge in [-0.3, -0.25) is 5.57 Å². The van der Waals surface area contributed by atoms with Crippen LogP contribution in [-0.4, -0.2) is 0 Å². The first-order valence-electron chi connectivity index (χ1n) is 4.70. The molecule has 1 unspecified atom stereocenters. The molecule has 2 fully saturated rings. The fourth-order valence-corrected chi connectivity index (χ4v) is 2.67. The van der Waals surface area contributed by atoms with Gasteiger partial charge in [0.05, 0.1) is 0 Å². The molecular formula is C13H14Zn2-2. The summed E-state index contributed by atoms with van der Waals surface area (Å²) in [6.45, 7) is 21.5. The summed E-state index contributed by atoms with van der Waals surface area (Å²) in [5.41, 5.74) is 2.97. The first-order valence-corrected chi connectivity index (χ1v) is 4.70. The summed E-state index contributed by atoms with van der Waals surface area (Å²) in [6.07, 6.45) is 3.81. The number of rotatable bonds is 0. The van der Waals surface area contributed by atoms with E-state index in [-0.39, 0.29) is 44.4 Å². The zero-order valence-electron chi connectivity index (χ0n) is 9.26. The Bertz CT molecular complexity index is 286. The molecule has 1 spiro atoms. The summed E-state index contributed by atoms with van der Waals surface area (Å²) in [4.78, 5) is 0. The molecule has 1 atom stereocenters. The van der Waals surface area contributed by atoms with Crippen molar-refractivity contribution in [3.8, 4) is 0 Å². The maximum atomic E-state index is 5.88. The Morgan fingerprint density at radius 2 is 1.53 bits per heavy atom. The van der Waals surface area contributed by atoms with Crippen LogP contribution in [0, 0.1) is 38.0 Å². The number of hydrogen-bond acceptors (Lipinski definition) is 0. The second kappa shape index (κ2) is 5.20. The van der Waals surface area contributed by atoms with Crippen molar-refractivity contribution in [1.82, 2.24) is 0 Å². The Balaban J connectivity index is 0.000000980. The molecule has 2 aliphatic carbocycles. The quantitative estimate of drug-likeness (QED) is 0.476. The Hall–Kier alpha value is 0.467. The van der Waals surface area contributed by atoms with E-state index in [9.17, 15) is 0 Å². The monoisotopic (exact) mass is 298 g/mol. The van der Waals surface area contributed by atoms with E-state index in [0.29, 0.717) is 5.92 Å². The molecule has 0 bridgehead atoms. The predicted octanol–water partition coefficient (Wildman–Crippen LogP) is 3.08. The molecule has 2 aliphatic rings. The molecule has 0 radical (unpaired) electrons. The van der Waals surface area contributed by atoms with Gasteiger partial charge in [-0.25, -0.2) is 0 Å². The topological polar surface area (TPSA) is 0 Å². The van der Waals surface area contributed by atoms with Gasteiger partial charge in [0, 0.05) is 19.5 Å². The molecule has 2 heteroatoms. The minimum Gasteiger partial charge on any atom is -0.517 e. The Morgan fingerprint density at radius 3 is 1.87 bits per heavy atom. The molecule has 0 heterocycles. The summed E-state index contributed by atoms with van der Waals surface area (Å²) in [7, 11) is 0. The molecular weight excluding hydrogens is 287 g/mol. The number of hydrogen-bond donors (Lipinski definition) is 0. The van der Waals surface area contributed by atoms with Crippen molar-refractivity contribution in [3.05, 3.63) is 43.4 Å². The van der Waals surface area contributed by atoms with Crippen LogP contribution in [0.3, 0.4) is 0 Å². The van der Waals surface area contributed by atoms with Crippen LogP contribution in [0.25, 0.3) is 0 Å². The average Bonchev–Trinajstić information content (AvgIpc) is 2.39. The Kier molecular flexibility index (Phi) is 5.36. The van der Waals surface area contributed by atoms with Gasteiger partial charge in [-0.1, -0.05) is 18.3 Å². The van der Waals surface area contributed by atoms with E-state index >= 15 is 0 Å². The van der Waals surface area contributed by atoms with E-state index in [2.05, 4.69) is 6.92 Å². The first-order chi connectivity index (χ1) is 6.02. The van der Waals surface area contributed by atoms with Crippen molar-refractivity contribution < 1.29 is 39.0 Å². The molecule has 0 aromatic rings. The van der Waals surface area contributed by atoms with E-state index in [1.807, 2.05) is 0 Å². The molecule has 0 nitrogen and oxygen atoms in total. The second-order valence-corrected chi connectivity index (χ2v) is 4.56. The molecule has 0 aliphatic heterocycles. The van der Waals surface area contributed by atoms with Gasteiger partial charge in [0.25, 0.3) is 0 Å². The fraction of sp³-hybridized carbons (Fsp3) is 0.462. The largest absolute Gasteiger partial charge is 2.00 e. The van der Waals surface area contributed by atoms with Gasteiger partial charge in [0.15, 0.2) is 0 Å². The Morgan fingerprint density at radius 1 is 1.07 bits per heavy atom. The maximum Gasteiger partial charge on any atom is 2.00 e.